The van der Waals surface area contributed by atoms with Crippen LogP contribution < -0.4 is 5.56 Å². The molecule has 0 spiro atoms. The maximum atomic E-state index is 13.8. The molecule has 0 saturated carbocycles. The van der Waals surface area contributed by atoms with Crippen LogP contribution in [0.5, 0.6) is 0 Å². The summed E-state index contributed by atoms with van der Waals surface area (Å²) in [6, 6.07) is 8.21. The van der Waals surface area contributed by atoms with Crippen molar-refractivity contribution >= 4 is 22.8 Å². The van der Waals surface area contributed by atoms with Crippen LogP contribution in [0.1, 0.15) is 67.3 Å². The van der Waals surface area contributed by atoms with Crippen molar-refractivity contribution in [2.24, 2.45) is 0 Å². The molecule has 0 fully saturated rings. The third-order valence-corrected chi connectivity index (χ3v) is 8.16. The Morgan fingerprint density at radius 2 is 1.90 bits per heavy atom. The van der Waals surface area contributed by atoms with Crippen molar-refractivity contribution in [3.05, 3.63) is 62.4 Å². The summed E-state index contributed by atoms with van der Waals surface area (Å²) in [5, 5.41) is 1.09. The standard InChI is InChI=1S/C31H38N4O5/c1-8-18(3)20-10-11-25-21(22(20)15-33(4)5)12-19-14-35-26(28(19)32-25)13-24-23(29(35)37)17-39-30(38)31(24,9-2)40-27(36)16-34(6)7/h10-13,18H,8-9,14-17H2,1-7H3/t18?,31-/m0/s1. The molecule has 0 aliphatic carbocycles. The molecule has 3 aromatic rings. The van der Waals surface area contributed by atoms with E-state index in [1.54, 1.807) is 30.5 Å². The summed E-state index contributed by atoms with van der Waals surface area (Å²) in [5.41, 5.74) is 4.52. The lowest BCUT2D eigenvalue weighted by molar-refractivity contribution is -0.189. The van der Waals surface area contributed by atoms with Gasteiger partial charge >= 0.3 is 11.9 Å². The first-order valence-corrected chi connectivity index (χ1v) is 13.9. The van der Waals surface area contributed by atoms with Crippen molar-refractivity contribution in [1.82, 2.24) is 19.4 Å². The first-order valence-electron chi connectivity index (χ1n) is 13.9. The molecule has 2 aromatic heterocycles. The number of hydrogen-bond donors (Lipinski definition) is 0. The van der Waals surface area contributed by atoms with E-state index < -0.39 is 17.5 Å². The number of carbonyl (C=O) groups excluding carboxylic acids is 2. The second-order valence-electron chi connectivity index (χ2n) is 11.5. The van der Waals surface area contributed by atoms with Gasteiger partial charge in [0.25, 0.3) is 5.56 Å². The SMILES string of the molecule is CCC(C)c1ccc2nc3c(cc2c1CN(C)C)Cn1c-3cc2c(c1=O)COC(=O)[C@@]2(CC)OC(=O)CN(C)C. The Morgan fingerprint density at radius 3 is 2.55 bits per heavy atom. The number of nitrogens with zero attached hydrogens (tertiary/aromatic N) is 4. The van der Waals surface area contributed by atoms with E-state index in [-0.39, 0.29) is 25.1 Å². The second-order valence-corrected chi connectivity index (χ2v) is 11.5. The van der Waals surface area contributed by atoms with Gasteiger partial charge in [0.05, 0.1) is 35.6 Å². The van der Waals surface area contributed by atoms with Crippen molar-refractivity contribution in [2.45, 2.75) is 64.8 Å². The molecule has 212 valence electrons. The molecule has 2 atom stereocenters. The van der Waals surface area contributed by atoms with Crippen LogP contribution in [-0.4, -0.2) is 66.0 Å². The maximum Gasteiger partial charge on any atom is 0.355 e. The van der Waals surface area contributed by atoms with E-state index in [1.807, 2.05) is 6.07 Å². The van der Waals surface area contributed by atoms with Gasteiger partial charge in [0.15, 0.2) is 0 Å². The average Bonchev–Trinajstić information content (AvgIpc) is 3.26. The molecule has 0 radical (unpaired) electrons. The van der Waals surface area contributed by atoms with Gasteiger partial charge in [0.2, 0.25) is 5.60 Å². The first-order chi connectivity index (χ1) is 19.0. The third-order valence-electron chi connectivity index (χ3n) is 8.16. The fourth-order valence-corrected chi connectivity index (χ4v) is 5.94. The Labute approximate surface area is 234 Å². The molecule has 4 heterocycles. The minimum Gasteiger partial charge on any atom is -0.457 e. The second kappa shape index (κ2) is 10.4. The number of benzene rings is 1. The smallest absolute Gasteiger partial charge is 0.355 e. The summed E-state index contributed by atoms with van der Waals surface area (Å²) in [5.74, 6) is -0.809. The van der Waals surface area contributed by atoms with Gasteiger partial charge in [0.1, 0.15) is 6.61 Å². The largest absolute Gasteiger partial charge is 0.457 e. The van der Waals surface area contributed by atoms with Gasteiger partial charge in [-0.1, -0.05) is 26.8 Å². The van der Waals surface area contributed by atoms with Crippen LogP contribution in [0, 0.1) is 0 Å². The van der Waals surface area contributed by atoms with Crippen molar-refractivity contribution in [3.63, 3.8) is 0 Å². The predicted molar refractivity (Wildman–Crippen MR) is 153 cm³/mol. The van der Waals surface area contributed by atoms with Crippen molar-refractivity contribution in [1.29, 1.82) is 0 Å². The Balaban J connectivity index is 1.69. The number of rotatable bonds is 8. The van der Waals surface area contributed by atoms with Crippen molar-refractivity contribution in [2.75, 3.05) is 34.7 Å². The number of esters is 2. The number of pyridine rings is 2. The molecule has 5 rings (SSSR count). The summed E-state index contributed by atoms with van der Waals surface area (Å²) < 4.78 is 12.9. The molecule has 9 heteroatoms. The van der Waals surface area contributed by atoms with Gasteiger partial charge < -0.3 is 18.9 Å². The molecule has 9 nitrogen and oxygen atoms in total. The van der Waals surface area contributed by atoms with Crippen LogP contribution in [0.2, 0.25) is 0 Å². The number of carbonyl (C=O) groups is 2. The zero-order valence-corrected chi connectivity index (χ0v) is 24.5. The van der Waals surface area contributed by atoms with E-state index in [1.165, 1.54) is 11.1 Å². The highest BCUT2D eigenvalue weighted by Crippen LogP contribution is 2.41. The molecule has 2 aliphatic heterocycles. The summed E-state index contributed by atoms with van der Waals surface area (Å²) in [7, 11) is 7.62. The summed E-state index contributed by atoms with van der Waals surface area (Å²) in [4.78, 5) is 48.6. The fraction of sp³-hybridized carbons (Fsp3) is 0.484. The van der Waals surface area contributed by atoms with Gasteiger partial charge in [-0.25, -0.2) is 9.78 Å². The summed E-state index contributed by atoms with van der Waals surface area (Å²) >= 11 is 0. The lowest BCUT2D eigenvalue weighted by atomic mass is 9.85. The average molecular weight is 547 g/mol. The van der Waals surface area contributed by atoms with E-state index >= 15 is 0 Å². The lowest BCUT2D eigenvalue weighted by Gasteiger charge is -2.35. The number of aromatic nitrogens is 2. The van der Waals surface area contributed by atoms with Crippen LogP contribution in [0.4, 0.5) is 0 Å². The highest BCUT2D eigenvalue weighted by molar-refractivity contribution is 5.90. The van der Waals surface area contributed by atoms with E-state index in [9.17, 15) is 14.4 Å². The normalized spacial score (nSPS) is 18.5. The first kappa shape index (κ1) is 28.0. The minimum atomic E-state index is -1.68. The topological polar surface area (TPSA) is 94.0 Å². The van der Waals surface area contributed by atoms with E-state index in [4.69, 9.17) is 14.5 Å². The number of cyclic esters (lactones) is 1. The number of fused-ring (bicyclic) bond motifs is 5. The quantitative estimate of drug-likeness (QED) is 0.309. The van der Waals surface area contributed by atoms with Crippen LogP contribution in [0.15, 0.2) is 29.1 Å². The number of hydrogen-bond acceptors (Lipinski definition) is 8. The molecule has 40 heavy (non-hydrogen) atoms. The number of likely N-dealkylation sites (N-methyl/N-ethyl adjacent to an activating group) is 1. The van der Waals surface area contributed by atoms with Crippen LogP contribution in [0.3, 0.4) is 0 Å². The number of ether oxygens (including phenoxy) is 2. The summed E-state index contributed by atoms with van der Waals surface area (Å²) in [6.45, 7) is 7.21. The Hall–Kier alpha value is -3.56. The fourth-order valence-electron chi connectivity index (χ4n) is 5.94. The van der Waals surface area contributed by atoms with Crippen LogP contribution in [-0.2, 0) is 44.4 Å². The van der Waals surface area contributed by atoms with Crippen molar-refractivity contribution in [3.8, 4) is 11.4 Å². The molecule has 1 unspecified atom stereocenters. The third kappa shape index (κ3) is 4.51. The maximum absolute atomic E-state index is 13.8. The van der Waals surface area contributed by atoms with Gasteiger partial charge in [-0.2, -0.15) is 0 Å². The van der Waals surface area contributed by atoms with Gasteiger partial charge in [-0.3, -0.25) is 14.5 Å². The molecule has 0 amide bonds. The van der Waals surface area contributed by atoms with E-state index in [0.717, 1.165) is 29.4 Å². The molecule has 2 aliphatic rings. The zero-order valence-electron chi connectivity index (χ0n) is 24.5. The Kier molecular flexibility index (Phi) is 7.31. The Bertz CT molecular complexity index is 1570. The predicted octanol–water partition coefficient (Wildman–Crippen LogP) is 3.77. The molecule has 0 saturated heterocycles. The van der Waals surface area contributed by atoms with Crippen LogP contribution in [0.25, 0.3) is 22.3 Å². The molecule has 0 N–H and O–H groups in total. The Morgan fingerprint density at radius 1 is 1.15 bits per heavy atom. The van der Waals surface area contributed by atoms with Gasteiger partial charge in [-0.05, 0) is 76.3 Å². The molecule has 0 bridgehead atoms. The highest BCUT2D eigenvalue weighted by atomic mass is 16.6. The molecule has 1 aromatic carbocycles. The monoisotopic (exact) mass is 546 g/mol. The highest BCUT2D eigenvalue weighted by Gasteiger charge is 2.50. The van der Waals surface area contributed by atoms with E-state index in [0.29, 0.717) is 35.0 Å². The lowest BCUT2D eigenvalue weighted by Crippen LogP contribution is -2.48. The summed E-state index contributed by atoms with van der Waals surface area (Å²) in [6.07, 6.45) is 1.18. The van der Waals surface area contributed by atoms with E-state index in [2.05, 4.69) is 51.0 Å². The molecular weight excluding hydrogens is 508 g/mol. The molecular formula is C31H38N4O5. The van der Waals surface area contributed by atoms with Gasteiger partial charge in [-0.15, -0.1) is 0 Å². The van der Waals surface area contributed by atoms with Gasteiger partial charge in [0, 0.05) is 23.1 Å². The van der Waals surface area contributed by atoms with Crippen LogP contribution >= 0.6 is 0 Å². The zero-order chi connectivity index (χ0) is 28.9. The van der Waals surface area contributed by atoms with Crippen molar-refractivity contribution < 1.29 is 19.1 Å². The minimum absolute atomic E-state index is 0.00141.